The predicted octanol–water partition coefficient (Wildman–Crippen LogP) is -3.23. The number of carboxylic acids is 2. The number of carboxylic acid groups (broad SMARTS) is 2. The van der Waals surface area contributed by atoms with E-state index in [1.807, 2.05) is 0 Å². The zero-order valence-corrected chi connectivity index (χ0v) is 4.87. The summed E-state index contributed by atoms with van der Waals surface area (Å²) in [6.07, 6.45) is 1.12. The molecule has 0 saturated heterocycles. The molecule has 6 nitrogen and oxygen atoms in total. The molecule has 8 heteroatoms. The molecule has 0 fully saturated rings. The van der Waals surface area contributed by atoms with Crippen LogP contribution in [0, 0.1) is 0 Å². The van der Waals surface area contributed by atoms with Crippen LogP contribution in [-0.4, -0.2) is 92.2 Å². The van der Waals surface area contributed by atoms with Crippen molar-refractivity contribution in [3.63, 3.8) is 0 Å². The van der Waals surface area contributed by atoms with Gasteiger partial charge in [-0.2, -0.15) is 0 Å². The fourth-order valence-electron chi connectivity index (χ4n) is 0.143. The second kappa shape index (κ2) is 17.6. The molecule has 0 atom stereocenters. The SMILES string of the molecule is O.O.O=C(O)/C=C\C(=O)O.[NaH].[NaH]. The van der Waals surface area contributed by atoms with Crippen LogP contribution >= 0.6 is 0 Å². The van der Waals surface area contributed by atoms with E-state index in [0.29, 0.717) is 12.2 Å². The number of rotatable bonds is 2. The van der Waals surface area contributed by atoms with Crippen LogP contribution in [-0.2, 0) is 9.59 Å². The molecule has 0 radical (unpaired) electrons. The third-order valence-corrected chi connectivity index (χ3v) is 0.368. The average Bonchev–Trinajstić information content (AvgIpc) is 1.61. The molecule has 0 heterocycles. The van der Waals surface area contributed by atoms with E-state index in [-0.39, 0.29) is 70.1 Å². The zero-order chi connectivity index (χ0) is 6.57. The first kappa shape index (κ1) is 29.4. The number of carbonyl (C=O) groups is 2. The summed E-state index contributed by atoms with van der Waals surface area (Å²) in [6, 6.07) is 0. The van der Waals surface area contributed by atoms with Crippen molar-refractivity contribution >= 4 is 71.1 Å². The van der Waals surface area contributed by atoms with E-state index in [4.69, 9.17) is 10.2 Å². The van der Waals surface area contributed by atoms with Crippen molar-refractivity contribution in [2.24, 2.45) is 0 Å². The molecule has 0 aromatic heterocycles. The first-order valence-electron chi connectivity index (χ1n) is 1.77. The third-order valence-electron chi connectivity index (χ3n) is 0.368. The molecular formula is C4H10Na2O6. The van der Waals surface area contributed by atoms with Gasteiger partial charge in [-0.15, -0.1) is 0 Å². The summed E-state index contributed by atoms with van der Waals surface area (Å²) in [5, 5.41) is 15.6. The Morgan fingerprint density at radius 2 is 1.00 bits per heavy atom. The molecule has 0 aromatic carbocycles. The molecule has 64 valence electrons. The fourth-order valence-corrected chi connectivity index (χ4v) is 0.143. The van der Waals surface area contributed by atoms with E-state index < -0.39 is 11.9 Å². The van der Waals surface area contributed by atoms with Gasteiger partial charge in [0.25, 0.3) is 0 Å². The molecule has 12 heavy (non-hydrogen) atoms. The summed E-state index contributed by atoms with van der Waals surface area (Å²) >= 11 is 0. The molecule has 0 aliphatic heterocycles. The Kier molecular flexibility index (Phi) is 43.1. The normalized spacial score (nSPS) is 6.33. The zero-order valence-electron chi connectivity index (χ0n) is 4.87. The van der Waals surface area contributed by atoms with Crippen LogP contribution in [0.1, 0.15) is 0 Å². The molecule has 0 unspecified atom stereocenters. The molecule has 0 bridgehead atoms. The van der Waals surface area contributed by atoms with Crippen molar-refractivity contribution in [3.05, 3.63) is 12.2 Å². The van der Waals surface area contributed by atoms with Gasteiger partial charge < -0.3 is 21.2 Å². The molecule has 0 amide bonds. The first-order valence-corrected chi connectivity index (χ1v) is 1.77. The van der Waals surface area contributed by atoms with Gasteiger partial charge >= 0.3 is 71.1 Å². The van der Waals surface area contributed by atoms with Crippen molar-refractivity contribution in [1.29, 1.82) is 0 Å². The van der Waals surface area contributed by atoms with Crippen LogP contribution < -0.4 is 0 Å². The van der Waals surface area contributed by atoms with Gasteiger partial charge in [0.2, 0.25) is 0 Å². The van der Waals surface area contributed by atoms with Crippen LogP contribution in [0.2, 0.25) is 0 Å². The summed E-state index contributed by atoms with van der Waals surface area (Å²) in [5.41, 5.74) is 0. The van der Waals surface area contributed by atoms with Gasteiger partial charge in [0.05, 0.1) is 0 Å². The number of hydrogen-bond acceptors (Lipinski definition) is 2. The number of hydrogen-bond donors (Lipinski definition) is 2. The standard InChI is InChI=1S/C4H4O4.2Na.2H2O.2H/c5-3(6)1-2-4(7)8;;;;;;/h1-2H,(H,5,6)(H,7,8);;;2*1H2;;/b2-1-;;;;;;. The van der Waals surface area contributed by atoms with Crippen LogP contribution in [0.3, 0.4) is 0 Å². The minimum absolute atomic E-state index is 0. The Morgan fingerprint density at radius 1 is 0.833 bits per heavy atom. The van der Waals surface area contributed by atoms with Crippen LogP contribution in [0.25, 0.3) is 0 Å². The van der Waals surface area contributed by atoms with Crippen molar-refractivity contribution < 1.29 is 30.8 Å². The molecule has 6 N–H and O–H groups in total. The van der Waals surface area contributed by atoms with E-state index in [2.05, 4.69) is 0 Å². The van der Waals surface area contributed by atoms with E-state index in [9.17, 15) is 9.59 Å². The Hall–Kier alpha value is 0.600. The van der Waals surface area contributed by atoms with E-state index in [0.717, 1.165) is 0 Å². The summed E-state index contributed by atoms with van der Waals surface area (Å²) in [6.45, 7) is 0. The van der Waals surface area contributed by atoms with Crippen molar-refractivity contribution in [2.75, 3.05) is 0 Å². The summed E-state index contributed by atoms with van der Waals surface area (Å²) in [5.74, 6) is -2.51. The Morgan fingerprint density at radius 3 is 1.08 bits per heavy atom. The van der Waals surface area contributed by atoms with E-state index in [1.54, 1.807) is 0 Å². The second-order valence-electron chi connectivity index (χ2n) is 1.01. The molecule has 0 aliphatic rings. The molecule has 0 rings (SSSR count). The maximum atomic E-state index is 9.55. The quantitative estimate of drug-likeness (QED) is 0.357. The third kappa shape index (κ3) is 31.2. The Bertz CT molecular complexity index is 128. The second-order valence-corrected chi connectivity index (χ2v) is 1.01. The van der Waals surface area contributed by atoms with Crippen LogP contribution in [0.4, 0.5) is 0 Å². The maximum absolute atomic E-state index is 9.55. The minimum atomic E-state index is -1.26. The van der Waals surface area contributed by atoms with Crippen molar-refractivity contribution in [2.45, 2.75) is 0 Å². The summed E-state index contributed by atoms with van der Waals surface area (Å²) in [7, 11) is 0. The van der Waals surface area contributed by atoms with Gasteiger partial charge in [-0.05, 0) is 0 Å². The number of aliphatic carboxylic acids is 2. The Balaban J connectivity index is -0.0000000408. The monoisotopic (exact) mass is 200 g/mol. The van der Waals surface area contributed by atoms with Gasteiger partial charge in [0, 0.05) is 12.2 Å². The predicted molar refractivity (Wildman–Crippen MR) is 45.9 cm³/mol. The summed E-state index contributed by atoms with van der Waals surface area (Å²) in [4.78, 5) is 19.1. The van der Waals surface area contributed by atoms with E-state index in [1.165, 1.54) is 0 Å². The van der Waals surface area contributed by atoms with Gasteiger partial charge in [0.15, 0.2) is 0 Å². The van der Waals surface area contributed by atoms with Crippen molar-refractivity contribution in [3.8, 4) is 0 Å². The molecule has 0 spiro atoms. The summed E-state index contributed by atoms with van der Waals surface area (Å²) < 4.78 is 0. The van der Waals surface area contributed by atoms with Crippen LogP contribution in [0.15, 0.2) is 12.2 Å². The fraction of sp³-hybridized carbons (Fsp3) is 0. The Labute approximate surface area is 113 Å². The average molecular weight is 200 g/mol. The molecular weight excluding hydrogens is 190 g/mol. The van der Waals surface area contributed by atoms with Gasteiger partial charge in [-0.1, -0.05) is 0 Å². The van der Waals surface area contributed by atoms with E-state index >= 15 is 0 Å². The van der Waals surface area contributed by atoms with Gasteiger partial charge in [-0.3, -0.25) is 0 Å². The topological polar surface area (TPSA) is 138 Å². The molecule has 0 aliphatic carbocycles. The molecule has 0 aromatic rings. The molecule has 0 saturated carbocycles. The first-order chi connectivity index (χ1) is 3.63. The van der Waals surface area contributed by atoms with Gasteiger partial charge in [0.1, 0.15) is 0 Å². The van der Waals surface area contributed by atoms with Crippen LogP contribution in [0.5, 0.6) is 0 Å². The van der Waals surface area contributed by atoms with Crippen molar-refractivity contribution in [1.82, 2.24) is 0 Å². The van der Waals surface area contributed by atoms with Gasteiger partial charge in [-0.25, -0.2) is 9.59 Å².